The quantitative estimate of drug-likeness (QED) is 0.190. The summed E-state index contributed by atoms with van der Waals surface area (Å²) in [7, 11) is -4.03. The molecule has 1 aliphatic heterocycles. The van der Waals surface area contributed by atoms with Crippen molar-refractivity contribution in [1.82, 2.24) is 10.2 Å². The molecule has 10 nitrogen and oxygen atoms in total. The molecule has 1 heterocycles. The number of benzene rings is 4. The third kappa shape index (κ3) is 8.20. The molecule has 1 fully saturated rings. The number of carbonyl (C=O) groups excluding carboxylic acids is 2. The molecule has 0 radical (unpaired) electrons. The number of amides is 2. The van der Waals surface area contributed by atoms with E-state index in [1.54, 1.807) is 53.4 Å². The number of aromatic hydroxyl groups is 1. The summed E-state index contributed by atoms with van der Waals surface area (Å²) in [6.07, 6.45) is 1.55. The lowest BCUT2D eigenvalue weighted by molar-refractivity contribution is -0.134. The first-order valence-electron chi connectivity index (χ1n) is 14.6. The average molecular weight is 630 g/mol. The smallest absolute Gasteiger partial charge is 0.262 e. The number of aliphatic hydroxyl groups excluding tert-OH is 1. The van der Waals surface area contributed by atoms with Crippen LogP contribution >= 0.6 is 0 Å². The SMILES string of the molecule is O=C(NC(Cc1ccc(O)cc1)C(=O)N1CCC(CO)CC1)c1ccc(S(=O)(=O)Nc2ccccc2Oc2ccccc2)cc1. The molecule has 1 atom stereocenters. The zero-order valence-electron chi connectivity index (χ0n) is 24.5. The molecule has 5 rings (SSSR count). The van der Waals surface area contributed by atoms with Crippen LogP contribution in [0, 0.1) is 5.92 Å². The van der Waals surface area contributed by atoms with Crippen molar-refractivity contribution in [3.8, 4) is 17.2 Å². The average Bonchev–Trinajstić information content (AvgIpc) is 3.06. The van der Waals surface area contributed by atoms with Crippen LogP contribution in [0.4, 0.5) is 5.69 Å². The number of ether oxygens (including phenoxy) is 1. The van der Waals surface area contributed by atoms with Crippen molar-refractivity contribution in [2.45, 2.75) is 30.2 Å². The Hall–Kier alpha value is -4.87. The minimum absolute atomic E-state index is 0.0583. The van der Waals surface area contributed by atoms with Gasteiger partial charge in [-0.25, -0.2) is 8.42 Å². The summed E-state index contributed by atoms with van der Waals surface area (Å²) < 4.78 is 34.9. The number of likely N-dealkylation sites (tertiary alicyclic amines) is 1. The summed E-state index contributed by atoms with van der Waals surface area (Å²) >= 11 is 0. The number of phenolic OH excluding ortho intramolecular Hbond substituents is 1. The highest BCUT2D eigenvalue weighted by Gasteiger charge is 2.30. The molecule has 0 saturated carbocycles. The molecule has 234 valence electrons. The summed E-state index contributed by atoms with van der Waals surface area (Å²) in [5.74, 6) is 0.342. The van der Waals surface area contributed by atoms with Gasteiger partial charge in [-0.3, -0.25) is 14.3 Å². The fourth-order valence-corrected chi connectivity index (χ4v) is 6.18. The Kier molecular flexibility index (Phi) is 10.0. The number of anilines is 1. The van der Waals surface area contributed by atoms with E-state index in [1.807, 2.05) is 18.2 Å². The van der Waals surface area contributed by atoms with E-state index in [2.05, 4.69) is 10.0 Å². The predicted molar refractivity (Wildman–Crippen MR) is 170 cm³/mol. The molecule has 4 N–H and O–H groups in total. The molecular weight excluding hydrogens is 594 g/mol. The van der Waals surface area contributed by atoms with Crippen molar-refractivity contribution in [2.75, 3.05) is 24.4 Å². The molecule has 2 amide bonds. The third-order valence-electron chi connectivity index (χ3n) is 7.69. The second-order valence-electron chi connectivity index (χ2n) is 10.9. The van der Waals surface area contributed by atoms with Gasteiger partial charge in [0.15, 0.2) is 5.75 Å². The first-order chi connectivity index (χ1) is 21.7. The largest absolute Gasteiger partial charge is 0.508 e. The van der Waals surface area contributed by atoms with Crippen LogP contribution in [0.2, 0.25) is 0 Å². The van der Waals surface area contributed by atoms with E-state index < -0.39 is 22.0 Å². The molecule has 45 heavy (non-hydrogen) atoms. The molecule has 1 saturated heterocycles. The van der Waals surface area contributed by atoms with Crippen LogP contribution in [-0.2, 0) is 21.2 Å². The highest BCUT2D eigenvalue weighted by molar-refractivity contribution is 7.92. The van der Waals surface area contributed by atoms with Crippen molar-refractivity contribution in [3.63, 3.8) is 0 Å². The Morgan fingerprint density at radius 3 is 2.18 bits per heavy atom. The molecule has 0 bridgehead atoms. The van der Waals surface area contributed by atoms with Crippen molar-refractivity contribution in [2.24, 2.45) is 5.92 Å². The maximum absolute atomic E-state index is 13.5. The molecule has 1 unspecified atom stereocenters. The number of nitrogens with zero attached hydrogens (tertiary/aromatic N) is 1. The molecule has 11 heteroatoms. The van der Waals surface area contributed by atoms with Crippen molar-refractivity contribution < 1.29 is 33.0 Å². The van der Waals surface area contributed by atoms with Gasteiger partial charge in [-0.2, -0.15) is 0 Å². The normalized spacial score (nSPS) is 14.4. The van der Waals surface area contributed by atoms with E-state index in [9.17, 15) is 28.2 Å². The molecule has 0 spiro atoms. The topological polar surface area (TPSA) is 145 Å². The number of para-hydroxylation sites is 3. The fraction of sp³-hybridized carbons (Fsp3) is 0.235. The summed E-state index contributed by atoms with van der Waals surface area (Å²) in [6.45, 7) is 1.03. The second-order valence-corrected chi connectivity index (χ2v) is 12.6. The Morgan fingerprint density at radius 2 is 1.51 bits per heavy atom. The molecule has 0 aromatic heterocycles. The van der Waals surface area contributed by atoms with Crippen LogP contribution in [0.3, 0.4) is 0 Å². The Labute approximate surface area is 262 Å². The Morgan fingerprint density at radius 1 is 0.867 bits per heavy atom. The highest BCUT2D eigenvalue weighted by atomic mass is 32.2. The highest BCUT2D eigenvalue weighted by Crippen LogP contribution is 2.31. The number of hydrogen-bond donors (Lipinski definition) is 4. The van der Waals surface area contributed by atoms with E-state index in [1.165, 1.54) is 36.4 Å². The zero-order chi connectivity index (χ0) is 31.8. The summed E-state index contributed by atoms with van der Waals surface area (Å²) in [6, 6.07) is 26.6. The van der Waals surface area contributed by atoms with Gasteiger partial charge in [0.25, 0.3) is 15.9 Å². The monoisotopic (exact) mass is 629 g/mol. The van der Waals surface area contributed by atoms with Crippen LogP contribution in [0.15, 0.2) is 108 Å². The number of carbonyl (C=O) groups is 2. The van der Waals surface area contributed by atoms with Crippen LogP contribution in [0.25, 0.3) is 0 Å². The Bertz CT molecular complexity index is 1710. The maximum Gasteiger partial charge on any atom is 0.262 e. The number of rotatable bonds is 11. The minimum Gasteiger partial charge on any atom is -0.508 e. The van der Waals surface area contributed by atoms with Crippen LogP contribution in [0.5, 0.6) is 17.2 Å². The van der Waals surface area contributed by atoms with E-state index in [4.69, 9.17) is 4.74 Å². The van der Waals surface area contributed by atoms with E-state index in [0.717, 1.165) is 5.56 Å². The third-order valence-corrected chi connectivity index (χ3v) is 9.07. The predicted octanol–water partition coefficient (Wildman–Crippen LogP) is 4.56. The van der Waals surface area contributed by atoms with Gasteiger partial charge in [0.1, 0.15) is 17.5 Å². The number of phenols is 1. The van der Waals surface area contributed by atoms with Crippen LogP contribution in [0.1, 0.15) is 28.8 Å². The lowest BCUT2D eigenvalue weighted by Crippen LogP contribution is -2.51. The van der Waals surface area contributed by atoms with E-state index >= 15 is 0 Å². The zero-order valence-corrected chi connectivity index (χ0v) is 25.3. The van der Waals surface area contributed by atoms with Crippen LogP contribution < -0.4 is 14.8 Å². The number of aliphatic hydroxyl groups is 1. The van der Waals surface area contributed by atoms with Gasteiger partial charge in [-0.05, 0) is 85.0 Å². The number of nitrogens with one attached hydrogen (secondary N) is 2. The van der Waals surface area contributed by atoms with Crippen molar-refractivity contribution >= 4 is 27.5 Å². The summed E-state index contributed by atoms with van der Waals surface area (Å²) in [4.78, 5) is 28.5. The lowest BCUT2D eigenvalue weighted by Gasteiger charge is -2.34. The molecular formula is C34H35N3O7S. The lowest BCUT2D eigenvalue weighted by atomic mass is 9.96. The molecule has 4 aromatic rings. The Balaban J connectivity index is 1.29. The van der Waals surface area contributed by atoms with Gasteiger partial charge >= 0.3 is 0 Å². The first-order valence-corrected chi connectivity index (χ1v) is 16.1. The standard InChI is InChI=1S/C34H35N3O7S/c38-23-25-18-20-37(21-19-25)34(41)31(22-24-10-14-27(39)15-11-24)35-33(40)26-12-16-29(17-13-26)45(42,43)36-30-8-4-5-9-32(30)44-28-6-2-1-3-7-28/h1-17,25,31,36,38-39H,18-23H2,(H,35,40). The van der Waals surface area contributed by atoms with E-state index in [-0.39, 0.29) is 46.7 Å². The van der Waals surface area contributed by atoms with Gasteiger partial charge in [0, 0.05) is 31.7 Å². The van der Waals surface area contributed by atoms with Crippen molar-refractivity contribution in [3.05, 3.63) is 114 Å². The fourth-order valence-electron chi connectivity index (χ4n) is 5.11. The number of piperidine rings is 1. The van der Waals surface area contributed by atoms with Gasteiger partial charge in [0.2, 0.25) is 5.91 Å². The first kappa shape index (κ1) is 31.6. The molecule has 1 aliphatic rings. The minimum atomic E-state index is -4.03. The van der Waals surface area contributed by atoms with Gasteiger partial charge < -0.3 is 25.2 Å². The molecule has 4 aromatic carbocycles. The molecule has 0 aliphatic carbocycles. The second kappa shape index (κ2) is 14.3. The van der Waals surface area contributed by atoms with Gasteiger partial charge in [0.05, 0.1) is 10.6 Å². The van der Waals surface area contributed by atoms with E-state index in [0.29, 0.717) is 37.4 Å². The maximum atomic E-state index is 13.5. The van der Waals surface area contributed by atoms with Crippen molar-refractivity contribution in [1.29, 1.82) is 0 Å². The van der Waals surface area contributed by atoms with Crippen LogP contribution in [-0.4, -0.2) is 61.1 Å². The summed E-state index contributed by atoms with van der Waals surface area (Å²) in [5.41, 5.74) is 1.19. The number of sulfonamides is 1. The van der Waals surface area contributed by atoms with Gasteiger partial charge in [-0.15, -0.1) is 0 Å². The number of hydrogen-bond acceptors (Lipinski definition) is 7. The summed E-state index contributed by atoms with van der Waals surface area (Å²) in [5, 5.41) is 22.0. The van der Waals surface area contributed by atoms with Gasteiger partial charge in [-0.1, -0.05) is 42.5 Å².